The molecule has 3 aromatic rings. The number of rotatable bonds is 6. The molecule has 0 aliphatic rings. The molecule has 0 aliphatic heterocycles. The van der Waals surface area contributed by atoms with Crippen LogP contribution >= 0.6 is 0 Å². The van der Waals surface area contributed by atoms with Crippen molar-refractivity contribution in [2.24, 2.45) is 0 Å². The van der Waals surface area contributed by atoms with Gasteiger partial charge in [0.1, 0.15) is 11.5 Å². The highest BCUT2D eigenvalue weighted by Crippen LogP contribution is 2.34. The number of nitrogens with one attached hydrogen (secondary N) is 1. The Kier molecular flexibility index (Phi) is 5.43. The molecule has 2 aromatic carbocycles. The molecule has 1 N–H and O–H groups in total. The molecule has 0 atom stereocenters. The summed E-state index contributed by atoms with van der Waals surface area (Å²) in [6.07, 6.45) is -4.41. The number of anilines is 1. The molecule has 148 valence electrons. The van der Waals surface area contributed by atoms with Crippen molar-refractivity contribution < 1.29 is 27.2 Å². The van der Waals surface area contributed by atoms with Gasteiger partial charge in [0, 0.05) is 11.8 Å². The van der Waals surface area contributed by atoms with Crippen LogP contribution in [0.25, 0.3) is 11.4 Å². The van der Waals surface area contributed by atoms with E-state index in [-0.39, 0.29) is 18.0 Å². The summed E-state index contributed by atoms with van der Waals surface area (Å²) >= 11 is 0. The van der Waals surface area contributed by atoms with E-state index < -0.39 is 11.7 Å². The maximum atomic E-state index is 13.0. The monoisotopic (exact) mass is 393 g/mol. The van der Waals surface area contributed by atoms with Gasteiger partial charge in [-0.1, -0.05) is 11.2 Å². The smallest absolute Gasteiger partial charge is 0.416 e. The molecule has 0 bridgehead atoms. The number of alkyl halides is 3. The van der Waals surface area contributed by atoms with Crippen LogP contribution in [-0.4, -0.2) is 24.4 Å². The topological polar surface area (TPSA) is 69.4 Å². The Hall–Kier alpha value is -3.23. The van der Waals surface area contributed by atoms with Gasteiger partial charge < -0.3 is 19.3 Å². The summed E-state index contributed by atoms with van der Waals surface area (Å²) in [5, 5.41) is 6.77. The van der Waals surface area contributed by atoms with Crippen LogP contribution in [0.15, 0.2) is 40.9 Å². The van der Waals surface area contributed by atoms with Gasteiger partial charge in [0.05, 0.1) is 31.9 Å². The van der Waals surface area contributed by atoms with Crippen LogP contribution in [0.3, 0.4) is 0 Å². The van der Waals surface area contributed by atoms with E-state index in [2.05, 4.69) is 15.5 Å². The third-order valence-electron chi connectivity index (χ3n) is 4.10. The second-order valence-corrected chi connectivity index (χ2v) is 5.96. The van der Waals surface area contributed by atoms with Crippen molar-refractivity contribution in [3.8, 4) is 22.9 Å². The average Bonchev–Trinajstić information content (AvgIpc) is 3.14. The molecule has 6 nitrogen and oxygen atoms in total. The van der Waals surface area contributed by atoms with Crippen LogP contribution in [0.1, 0.15) is 17.0 Å². The van der Waals surface area contributed by atoms with Gasteiger partial charge in [0.2, 0.25) is 11.7 Å². The van der Waals surface area contributed by atoms with E-state index in [1.165, 1.54) is 20.1 Å². The molecule has 0 saturated carbocycles. The maximum Gasteiger partial charge on any atom is 0.416 e. The number of aryl methyl sites for hydroxylation is 1. The van der Waals surface area contributed by atoms with E-state index in [0.717, 1.165) is 6.07 Å². The third kappa shape index (κ3) is 4.19. The first-order valence-corrected chi connectivity index (χ1v) is 8.28. The molecule has 0 aliphatic carbocycles. The summed E-state index contributed by atoms with van der Waals surface area (Å²) in [7, 11) is 3.05. The second-order valence-electron chi connectivity index (χ2n) is 5.96. The predicted molar refractivity (Wildman–Crippen MR) is 96.3 cm³/mol. The largest absolute Gasteiger partial charge is 0.497 e. The Balaban J connectivity index is 1.76. The quantitative estimate of drug-likeness (QED) is 0.655. The molecular weight excluding hydrogens is 375 g/mol. The lowest BCUT2D eigenvalue weighted by atomic mass is 10.1. The van der Waals surface area contributed by atoms with Crippen molar-refractivity contribution in [2.45, 2.75) is 19.6 Å². The molecule has 9 heteroatoms. The van der Waals surface area contributed by atoms with E-state index in [9.17, 15) is 13.2 Å². The van der Waals surface area contributed by atoms with Crippen LogP contribution in [0.4, 0.5) is 18.9 Å². The van der Waals surface area contributed by atoms with E-state index in [1.807, 2.05) is 0 Å². The summed E-state index contributed by atoms with van der Waals surface area (Å²) in [5.74, 6) is 1.65. The highest BCUT2D eigenvalue weighted by molar-refractivity contribution is 5.65. The predicted octanol–water partition coefficient (Wildman–Crippen LogP) is 4.69. The van der Waals surface area contributed by atoms with E-state index in [1.54, 1.807) is 31.4 Å². The number of nitrogens with zero attached hydrogens (tertiary/aromatic N) is 2. The van der Waals surface area contributed by atoms with Gasteiger partial charge in [0.15, 0.2) is 0 Å². The Labute approximate surface area is 159 Å². The first-order valence-electron chi connectivity index (χ1n) is 8.28. The van der Waals surface area contributed by atoms with Crippen molar-refractivity contribution in [1.82, 2.24) is 10.1 Å². The molecule has 1 heterocycles. The molecule has 1 aromatic heterocycles. The van der Waals surface area contributed by atoms with Gasteiger partial charge in [-0.2, -0.15) is 18.2 Å². The van der Waals surface area contributed by atoms with Gasteiger partial charge in [-0.15, -0.1) is 0 Å². The maximum absolute atomic E-state index is 13.0. The van der Waals surface area contributed by atoms with Gasteiger partial charge in [-0.25, -0.2) is 0 Å². The number of aromatic nitrogens is 2. The number of halogens is 3. The zero-order valence-electron chi connectivity index (χ0n) is 15.4. The average molecular weight is 393 g/mol. The fourth-order valence-corrected chi connectivity index (χ4v) is 2.63. The second kappa shape index (κ2) is 7.79. The molecule has 0 amide bonds. The van der Waals surface area contributed by atoms with Crippen LogP contribution in [0, 0.1) is 6.92 Å². The van der Waals surface area contributed by atoms with Crippen molar-refractivity contribution in [1.29, 1.82) is 0 Å². The Bertz CT molecular complexity index is 971. The number of ether oxygens (including phenoxy) is 2. The Morgan fingerprint density at radius 3 is 2.54 bits per heavy atom. The lowest BCUT2D eigenvalue weighted by Crippen LogP contribution is -2.09. The standard InChI is InChI=1S/C19H18F3N3O3/c1-11-4-5-12(8-15(11)19(20,21)22)23-10-17-24-18(25-28-17)14-7-6-13(26-2)9-16(14)27-3/h4-9,23H,10H2,1-3H3. The minimum Gasteiger partial charge on any atom is -0.497 e. The van der Waals surface area contributed by atoms with Gasteiger partial charge in [-0.3, -0.25) is 0 Å². The SMILES string of the molecule is COc1ccc(-c2noc(CNc3ccc(C)c(C(F)(F)F)c3)n2)c(OC)c1. The van der Waals surface area contributed by atoms with Gasteiger partial charge in [-0.05, 0) is 36.8 Å². The van der Waals surface area contributed by atoms with Crippen molar-refractivity contribution in [3.63, 3.8) is 0 Å². The summed E-state index contributed by atoms with van der Waals surface area (Å²) in [6, 6.07) is 9.18. The highest BCUT2D eigenvalue weighted by atomic mass is 19.4. The van der Waals surface area contributed by atoms with E-state index in [4.69, 9.17) is 14.0 Å². The molecule has 3 rings (SSSR count). The van der Waals surface area contributed by atoms with E-state index in [0.29, 0.717) is 28.6 Å². The Morgan fingerprint density at radius 1 is 1.07 bits per heavy atom. The Morgan fingerprint density at radius 2 is 1.86 bits per heavy atom. The first-order chi connectivity index (χ1) is 13.3. The van der Waals surface area contributed by atoms with Gasteiger partial charge in [0.25, 0.3) is 0 Å². The first kappa shape index (κ1) is 19.5. The molecule has 28 heavy (non-hydrogen) atoms. The van der Waals surface area contributed by atoms with E-state index >= 15 is 0 Å². The van der Waals surface area contributed by atoms with Crippen molar-refractivity contribution in [3.05, 3.63) is 53.4 Å². The van der Waals surface area contributed by atoms with Crippen LogP contribution in [0.5, 0.6) is 11.5 Å². The minimum absolute atomic E-state index is 0.0752. The number of benzene rings is 2. The molecule has 0 spiro atoms. The summed E-state index contributed by atoms with van der Waals surface area (Å²) in [5.41, 5.74) is 0.379. The van der Waals surface area contributed by atoms with Crippen LogP contribution in [0.2, 0.25) is 0 Å². The molecule has 0 fully saturated rings. The minimum atomic E-state index is -4.41. The van der Waals surface area contributed by atoms with Crippen LogP contribution in [-0.2, 0) is 12.7 Å². The third-order valence-corrected chi connectivity index (χ3v) is 4.10. The number of methoxy groups -OCH3 is 2. The molecule has 0 unspecified atom stereocenters. The lowest BCUT2D eigenvalue weighted by molar-refractivity contribution is -0.138. The zero-order valence-corrected chi connectivity index (χ0v) is 15.4. The van der Waals surface area contributed by atoms with Crippen molar-refractivity contribution >= 4 is 5.69 Å². The molecule has 0 saturated heterocycles. The molecule has 0 radical (unpaired) electrons. The van der Waals surface area contributed by atoms with Gasteiger partial charge >= 0.3 is 6.18 Å². The zero-order chi connectivity index (χ0) is 20.3. The molecular formula is C19H18F3N3O3. The summed E-state index contributed by atoms with van der Waals surface area (Å²) in [6.45, 7) is 1.49. The summed E-state index contributed by atoms with van der Waals surface area (Å²) in [4.78, 5) is 4.27. The highest BCUT2D eigenvalue weighted by Gasteiger charge is 2.32. The fraction of sp³-hybridized carbons (Fsp3) is 0.263. The van der Waals surface area contributed by atoms with Crippen molar-refractivity contribution in [2.75, 3.05) is 19.5 Å². The number of hydrogen-bond acceptors (Lipinski definition) is 6. The fourth-order valence-electron chi connectivity index (χ4n) is 2.63. The number of hydrogen-bond donors (Lipinski definition) is 1. The normalized spacial score (nSPS) is 11.4. The van der Waals surface area contributed by atoms with Crippen LogP contribution < -0.4 is 14.8 Å². The summed E-state index contributed by atoms with van der Waals surface area (Å²) < 4.78 is 54.7. The lowest BCUT2D eigenvalue weighted by Gasteiger charge is -2.12.